The summed E-state index contributed by atoms with van der Waals surface area (Å²) >= 11 is 0. The summed E-state index contributed by atoms with van der Waals surface area (Å²) < 4.78 is 37.6. The molecule has 0 radical (unpaired) electrons. The minimum atomic E-state index is -3.49. The minimum absolute atomic E-state index is 0.00244. The molecule has 1 amide bonds. The number of fused-ring (bicyclic) bond motifs is 1. The van der Waals surface area contributed by atoms with Crippen LogP contribution in [0.4, 0.5) is 0 Å². The van der Waals surface area contributed by atoms with Crippen molar-refractivity contribution in [3.8, 4) is 11.5 Å². The van der Waals surface area contributed by atoms with Crippen LogP contribution in [0.1, 0.15) is 27.9 Å². The van der Waals surface area contributed by atoms with Crippen molar-refractivity contribution in [3.05, 3.63) is 57.5 Å². The summed E-state index contributed by atoms with van der Waals surface area (Å²) in [6.45, 7) is 0.808. The van der Waals surface area contributed by atoms with Gasteiger partial charge in [-0.1, -0.05) is 0 Å². The van der Waals surface area contributed by atoms with Gasteiger partial charge in [0.05, 0.1) is 20.0 Å². The Labute approximate surface area is 175 Å². The van der Waals surface area contributed by atoms with Crippen LogP contribution in [-0.2, 0) is 23.0 Å². The predicted octanol–water partition coefficient (Wildman–Crippen LogP) is 0.900. The van der Waals surface area contributed by atoms with E-state index in [1.165, 1.54) is 16.6 Å². The first-order valence-corrected chi connectivity index (χ1v) is 11.1. The Morgan fingerprint density at radius 3 is 2.57 bits per heavy atom. The van der Waals surface area contributed by atoms with Gasteiger partial charge in [0.15, 0.2) is 11.5 Å². The normalized spacial score (nSPS) is 14.1. The summed E-state index contributed by atoms with van der Waals surface area (Å²) in [4.78, 5) is 26.1. The van der Waals surface area contributed by atoms with Crippen molar-refractivity contribution >= 4 is 15.9 Å². The number of nitrogens with one attached hydrogen (secondary N) is 2. The number of H-pyrrole nitrogens is 1. The molecular formula is C20H25N3O6S. The van der Waals surface area contributed by atoms with E-state index in [0.29, 0.717) is 24.5 Å². The smallest absolute Gasteiger partial charge is 0.260 e. The average molecular weight is 436 g/mol. The number of aromatic nitrogens is 1. The number of hydrogen-bond donors (Lipinski definition) is 2. The first kappa shape index (κ1) is 21.8. The molecule has 3 rings (SSSR count). The summed E-state index contributed by atoms with van der Waals surface area (Å²) in [7, 11) is -0.383. The van der Waals surface area contributed by atoms with Crippen molar-refractivity contribution in [3.63, 3.8) is 0 Å². The maximum Gasteiger partial charge on any atom is 0.260 e. The monoisotopic (exact) mass is 435 g/mol. The molecule has 0 aliphatic carbocycles. The van der Waals surface area contributed by atoms with Crippen molar-refractivity contribution in [1.29, 1.82) is 0 Å². The van der Waals surface area contributed by atoms with Crippen molar-refractivity contribution < 1.29 is 22.7 Å². The molecule has 0 atom stereocenters. The Bertz CT molecular complexity index is 1080. The molecule has 1 aliphatic rings. The van der Waals surface area contributed by atoms with E-state index in [-0.39, 0.29) is 30.8 Å². The van der Waals surface area contributed by atoms with Crippen LogP contribution in [0.5, 0.6) is 11.5 Å². The van der Waals surface area contributed by atoms with Crippen LogP contribution in [0.2, 0.25) is 0 Å². The number of pyridine rings is 1. The molecule has 0 saturated heterocycles. The van der Waals surface area contributed by atoms with E-state index < -0.39 is 21.5 Å². The first-order chi connectivity index (χ1) is 14.4. The fraction of sp³-hybridized carbons (Fsp3) is 0.400. The number of benzene rings is 1. The van der Waals surface area contributed by atoms with Gasteiger partial charge in [-0.25, -0.2) is 8.42 Å². The number of aromatic amines is 1. The summed E-state index contributed by atoms with van der Waals surface area (Å²) in [6, 6.07) is 6.67. The summed E-state index contributed by atoms with van der Waals surface area (Å²) in [5.41, 5.74) is 1.44. The highest BCUT2D eigenvalue weighted by Crippen LogP contribution is 2.33. The van der Waals surface area contributed by atoms with Crippen LogP contribution in [0.15, 0.2) is 35.3 Å². The van der Waals surface area contributed by atoms with Gasteiger partial charge in [-0.3, -0.25) is 9.59 Å². The maximum atomic E-state index is 12.7. The van der Waals surface area contributed by atoms with Crippen molar-refractivity contribution in [2.75, 3.05) is 33.1 Å². The predicted molar refractivity (Wildman–Crippen MR) is 111 cm³/mol. The molecule has 0 bridgehead atoms. The number of sulfonamides is 1. The molecule has 9 nitrogen and oxygen atoms in total. The Morgan fingerprint density at radius 1 is 1.20 bits per heavy atom. The fourth-order valence-electron chi connectivity index (χ4n) is 3.38. The number of amides is 1. The second-order valence-electron chi connectivity index (χ2n) is 6.90. The third kappa shape index (κ3) is 4.82. The lowest BCUT2D eigenvalue weighted by Gasteiger charge is -2.29. The van der Waals surface area contributed by atoms with Gasteiger partial charge >= 0.3 is 0 Å². The van der Waals surface area contributed by atoms with Crippen LogP contribution in [-0.4, -0.2) is 56.7 Å². The molecule has 1 aromatic carbocycles. The first-order valence-electron chi connectivity index (χ1n) is 9.53. The number of carbonyl (C=O) groups is 1. The lowest BCUT2D eigenvalue weighted by atomic mass is 10.0. The van der Waals surface area contributed by atoms with Crippen LogP contribution < -0.4 is 20.3 Å². The van der Waals surface area contributed by atoms with Gasteiger partial charge in [0.2, 0.25) is 10.0 Å². The zero-order valence-electron chi connectivity index (χ0n) is 16.9. The van der Waals surface area contributed by atoms with Crippen molar-refractivity contribution in [1.82, 2.24) is 14.6 Å². The molecule has 1 aliphatic heterocycles. The number of methoxy groups -OCH3 is 2. The molecule has 0 fully saturated rings. The van der Waals surface area contributed by atoms with Crippen LogP contribution in [0.25, 0.3) is 0 Å². The Balaban J connectivity index is 1.57. The van der Waals surface area contributed by atoms with E-state index in [1.807, 2.05) is 12.1 Å². The number of nitrogens with zero attached hydrogens (tertiary/aromatic N) is 1. The molecular weight excluding hydrogens is 410 g/mol. The minimum Gasteiger partial charge on any atom is -0.493 e. The maximum absolute atomic E-state index is 12.7. The third-order valence-electron chi connectivity index (χ3n) is 5.00. The van der Waals surface area contributed by atoms with E-state index in [0.717, 1.165) is 11.1 Å². The van der Waals surface area contributed by atoms with E-state index >= 15 is 0 Å². The van der Waals surface area contributed by atoms with E-state index in [9.17, 15) is 18.0 Å². The van der Waals surface area contributed by atoms with Crippen LogP contribution in [0.3, 0.4) is 0 Å². The molecule has 162 valence electrons. The number of carbonyl (C=O) groups excluding carboxylic acids is 1. The summed E-state index contributed by atoms with van der Waals surface area (Å²) in [6.07, 6.45) is 2.27. The molecule has 10 heteroatoms. The van der Waals surface area contributed by atoms with Crippen LogP contribution >= 0.6 is 0 Å². The van der Waals surface area contributed by atoms with Gasteiger partial charge in [-0.15, -0.1) is 0 Å². The summed E-state index contributed by atoms with van der Waals surface area (Å²) in [5.74, 6) is 0.568. The Morgan fingerprint density at radius 2 is 1.90 bits per heavy atom. The second-order valence-corrected chi connectivity index (χ2v) is 8.99. The number of ether oxygens (including phenoxy) is 2. The largest absolute Gasteiger partial charge is 0.493 e. The van der Waals surface area contributed by atoms with Crippen molar-refractivity contribution in [2.45, 2.75) is 19.4 Å². The van der Waals surface area contributed by atoms with Gasteiger partial charge in [-0.05, 0) is 48.2 Å². The lowest BCUT2D eigenvalue weighted by molar-refractivity contribution is 0.0952. The highest BCUT2D eigenvalue weighted by Gasteiger charge is 2.27. The standard InChI is InChI=1S/C20H25N3O6S/c1-28-17-11-14-6-9-23(13-15(14)12-18(17)29-2)30(26,27)10-4-8-22-20(25)16-5-3-7-21-19(16)24/h3,5,7,11-12H,4,6,8-10,13H2,1-2H3,(H,21,24)(H,22,25). The molecule has 0 unspecified atom stereocenters. The molecule has 2 N–H and O–H groups in total. The van der Waals surface area contributed by atoms with Gasteiger partial charge in [0, 0.05) is 25.8 Å². The SMILES string of the molecule is COc1cc2c(cc1OC)CN(S(=O)(=O)CCCNC(=O)c1ccc[nH]c1=O)CC2. The van der Waals surface area contributed by atoms with Gasteiger partial charge < -0.3 is 19.8 Å². The summed E-state index contributed by atoms with van der Waals surface area (Å²) in [5, 5.41) is 2.59. The van der Waals surface area contributed by atoms with Gasteiger partial charge in [-0.2, -0.15) is 4.31 Å². The van der Waals surface area contributed by atoms with E-state index in [1.54, 1.807) is 20.3 Å². The highest BCUT2D eigenvalue weighted by molar-refractivity contribution is 7.89. The second kappa shape index (κ2) is 9.31. The van der Waals surface area contributed by atoms with E-state index in [2.05, 4.69) is 10.3 Å². The molecule has 2 heterocycles. The zero-order chi connectivity index (χ0) is 21.7. The third-order valence-corrected chi connectivity index (χ3v) is 6.91. The van der Waals surface area contributed by atoms with Crippen molar-refractivity contribution in [2.24, 2.45) is 0 Å². The quantitative estimate of drug-likeness (QED) is 0.595. The molecule has 30 heavy (non-hydrogen) atoms. The molecule has 0 spiro atoms. The molecule has 1 aromatic heterocycles. The number of rotatable bonds is 8. The van der Waals surface area contributed by atoms with Gasteiger partial charge in [0.25, 0.3) is 11.5 Å². The fourth-order valence-corrected chi connectivity index (χ4v) is 4.85. The van der Waals surface area contributed by atoms with Gasteiger partial charge in [0.1, 0.15) is 5.56 Å². The molecule has 2 aromatic rings. The zero-order valence-corrected chi connectivity index (χ0v) is 17.8. The average Bonchev–Trinajstić information content (AvgIpc) is 2.75. The van der Waals surface area contributed by atoms with Crippen LogP contribution in [0, 0.1) is 0 Å². The lowest BCUT2D eigenvalue weighted by Crippen LogP contribution is -2.38. The van der Waals surface area contributed by atoms with E-state index in [4.69, 9.17) is 9.47 Å². The number of hydrogen-bond acceptors (Lipinski definition) is 6. The topological polar surface area (TPSA) is 118 Å². The Hall–Kier alpha value is -2.85. The molecule has 0 saturated carbocycles. The highest BCUT2D eigenvalue weighted by atomic mass is 32.2. The Kier molecular flexibility index (Phi) is 6.78.